The van der Waals surface area contributed by atoms with Crippen LogP contribution in [0.25, 0.3) is 0 Å². The third kappa shape index (κ3) is 4.60. The number of rotatable bonds is 5. The number of benzene rings is 1. The second-order valence-corrected chi connectivity index (χ2v) is 9.47. The van der Waals surface area contributed by atoms with Crippen LogP contribution in [0.4, 0.5) is 4.79 Å². The van der Waals surface area contributed by atoms with Gasteiger partial charge >= 0.3 is 6.03 Å². The molecule has 8 heteroatoms. The maximum Gasteiger partial charge on any atom is 0.322 e. The van der Waals surface area contributed by atoms with Crippen LogP contribution in [-0.4, -0.2) is 52.8 Å². The molecule has 0 bridgehead atoms. The summed E-state index contributed by atoms with van der Waals surface area (Å²) < 4.78 is 0. The number of carbonyl (C=O) groups is 3. The summed E-state index contributed by atoms with van der Waals surface area (Å²) in [5.74, 6) is -0.502. The van der Waals surface area contributed by atoms with Gasteiger partial charge in [-0.15, -0.1) is 0 Å². The van der Waals surface area contributed by atoms with Crippen molar-refractivity contribution in [3.8, 4) is 0 Å². The van der Waals surface area contributed by atoms with E-state index < -0.39 is 6.04 Å². The third-order valence-electron chi connectivity index (χ3n) is 6.09. The minimum atomic E-state index is -0.548. The molecule has 2 N–H and O–H groups in total. The van der Waals surface area contributed by atoms with E-state index in [1.165, 1.54) is 15.4 Å². The van der Waals surface area contributed by atoms with Crippen LogP contribution in [0.1, 0.15) is 43.5 Å². The Labute approximate surface area is 193 Å². The highest BCUT2D eigenvalue weighted by atomic mass is 16.2. The van der Waals surface area contributed by atoms with Crippen LogP contribution in [0.5, 0.6) is 0 Å². The van der Waals surface area contributed by atoms with Gasteiger partial charge in [-0.1, -0.05) is 51.1 Å². The second kappa shape index (κ2) is 8.69. The lowest BCUT2D eigenvalue weighted by Gasteiger charge is -2.31. The smallest absolute Gasteiger partial charge is 0.322 e. The molecule has 0 aliphatic carbocycles. The Balaban J connectivity index is 1.50. The van der Waals surface area contributed by atoms with Gasteiger partial charge in [0.2, 0.25) is 5.91 Å². The van der Waals surface area contributed by atoms with E-state index in [4.69, 9.17) is 0 Å². The molecule has 1 aromatic carbocycles. The second-order valence-electron chi connectivity index (χ2n) is 9.47. The molecule has 2 aromatic rings. The summed E-state index contributed by atoms with van der Waals surface area (Å²) in [5.41, 5.74) is 4.04. The van der Waals surface area contributed by atoms with Gasteiger partial charge in [0, 0.05) is 26.0 Å². The number of nitrogens with zero attached hydrogens (tertiary/aromatic N) is 3. The van der Waals surface area contributed by atoms with E-state index in [0.717, 1.165) is 11.1 Å². The minimum Gasteiger partial charge on any atom is -0.350 e. The summed E-state index contributed by atoms with van der Waals surface area (Å²) in [6.45, 7) is 6.89. The third-order valence-corrected chi connectivity index (χ3v) is 6.09. The van der Waals surface area contributed by atoms with Gasteiger partial charge in [-0.3, -0.25) is 19.5 Å². The monoisotopic (exact) mass is 447 g/mol. The molecule has 0 spiro atoms. The number of nitrogens with one attached hydrogen (secondary N) is 2. The highest BCUT2D eigenvalue weighted by Gasteiger charge is 2.43. The van der Waals surface area contributed by atoms with Gasteiger partial charge in [-0.25, -0.2) is 4.79 Å². The molecule has 0 unspecified atom stereocenters. The van der Waals surface area contributed by atoms with E-state index >= 15 is 0 Å². The maximum atomic E-state index is 13.3. The van der Waals surface area contributed by atoms with Crippen molar-refractivity contribution in [2.24, 2.45) is 0 Å². The SMILES string of the molecule is CN1C(=O)N[C@@H](c2ccc(C(C)(C)C)cc2)C2=C1CN(CC(=O)NCc1cccnc1)C2=O. The molecule has 0 saturated carbocycles. The Hall–Kier alpha value is -3.68. The van der Waals surface area contributed by atoms with Gasteiger partial charge in [0.05, 0.1) is 23.9 Å². The fraction of sp³-hybridized carbons (Fsp3) is 0.360. The molecule has 3 heterocycles. The van der Waals surface area contributed by atoms with Crippen molar-refractivity contribution in [3.05, 3.63) is 76.8 Å². The molecular weight excluding hydrogens is 418 g/mol. The normalized spacial score (nSPS) is 18.4. The molecule has 4 amide bonds. The highest BCUT2D eigenvalue weighted by molar-refractivity contribution is 6.02. The zero-order valence-electron chi connectivity index (χ0n) is 19.4. The molecule has 1 atom stereocenters. The van der Waals surface area contributed by atoms with Crippen LogP contribution in [0.3, 0.4) is 0 Å². The first-order valence-electron chi connectivity index (χ1n) is 11.0. The van der Waals surface area contributed by atoms with Crippen molar-refractivity contribution >= 4 is 17.8 Å². The lowest BCUT2D eigenvalue weighted by molar-refractivity contribution is -0.132. The standard InChI is InChI=1S/C25H29N5O3/c1-25(2,3)18-9-7-17(8-10-18)22-21-19(29(4)24(33)28-22)14-30(23(21)32)15-20(31)27-13-16-6-5-11-26-12-16/h5-12,22H,13-15H2,1-4H3,(H,27,31)(H,28,33)/t22-/m0/s1. The summed E-state index contributed by atoms with van der Waals surface area (Å²) in [7, 11) is 1.64. The topological polar surface area (TPSA) is 94.6 Å². The van der Waals surface area contributed by atoms with Crippen molar-refractivity contribution in [3.63, 3.8) is 0 Å². The Morgan fingerprint density at radius 1 is 1.18 bits per heavy atom. The van der Waals surface area contributed by atoms with E-state index in [-0.39, 0.29) is 36.3 Å². The summed E-state index contributed by atoms with van der Waals surface area (Å²) in [6, 6.07) is 10.8. The highest BCUT2D eigenvalue weighted by Crippen LogP contribution is 2.36. The molecule has 0 saturated heterocycles. The number of hydrogen-bond acceptors (Lipinski definition) is 4. The van der Waals surface area contributed by atoms with Gasteiger partial charge < -0.3 is 15.5 Å². The molecule has 8 nitrogen and oxygen atoms in total. The average molecular weight is 448 g/mol. The Bertz CT molecular complexity index is 1100. The van der Waals surface area contributed by atoms with E-state index in [0.29, 0.717) is 17.8 Å². The molecule has 0 fully saturated rings. The number of pyridine rings is 1. The van der Waals surface area contributed by atoms with Crippen LogP contribution in [-0.2, 0) is 21.5 Å². The number of hydrogen-bond donors (Lipinski definition) is 2. The van der Waals surface area contributed by atoms with E-state index in [9.17, 15) is 14.4 Å². The predicted octanol–water partition coefficient (Wildman–Crippen LogP) is 2.49. The van der Waals surface area contributed by atoms with Gasteiger partial charge in [0.1, 0.15) is 6.54 Å². The first kappa shape index (κ1) is 22.5. The van der Waals surface area contributed by atoms with Crippen molar-refractivity contribution in [1.82, 2.24) is 25.4 Å². The Kier molecular flexibility index (Phi) is 5.93. The Morgan fingerprint density at radius 2 is 1.91 bits per heavy atom. The van der Waals surface area contributed by atoms with Crippen LogP contribution in [0.2, 0.25) is 0 Å². The molecule has 2 aliphatic heterocycles. The number of aromatic nitrogens is 1. The largest absolute Gasteiger partial charge is 0.350 e. The number of amides is 4. The van der Waals surface area contributed by atoms with Gasteiger partial charge in [-0.2, -0.15) is 0 Å². The van der Waals surface area contributed by atoms with Crippen LogP contribution >= 0.6 is 0 Å². The molecule has 2 aliphatic rings. The predicted molar refractivity (Wildman–Crippen MR) is 124 cm³/mol. The van der Waals surface area contributed by atoms with Gasteiger partial charge in [0.15, 0.2) is 0 Å². The zero-order chi connectivity index (χ0) is 23.8. The quantitative estimate of drug-likeness (QED) is 0.736. The molecule has 0 radical (unpaired) electrons. The van der Waals surface area contributed by atoms with Crippen molar-refractivity contribution in [2.75, 3.05) is 20.1 Å². The van der Waals surface area contributed by atoms with E-state index in [1.807, 2.05) is 30.3 Å². The summed E-state index contributed by atoms with van der Waals surface area (Å²) in [5, 5.41) is 5.76. The first-order valence-corrected chi connectivity index (χ1v) is 11.0. The van der Waals surface area contributed by atoms with Crippen molar-refractivity contribution < 1.29 is 14.4 Å². The summed E-state index contributed by atoms with van der Waals surface area (Å²) >= 11 is 0. The fourth-order valence-corrected chi connectivity index (χ4v) is 4.11. The van der Waals surface area contributed by atoms with Crippen molar-refractivity contribution in [2.45, 2.75) is 38.8 Å². The first-order chi connectivity index (χ1) is 15.6. The Morgan fingerprint density at radius 3 is 2.55 bits per heavy atom. The number of urea groups is 1. The number of likely N-dealkylation sites (N-methyl/N-ethyl adjacent to an activating group) is 1. The molecule has 1 aromatic heterocycles. The van der Waals surface area contributed by atoms with Gasteiger partial charge in [0.25, 0.3) is 5.91 Å². The van der Waals surface area contributed by atoms with Crippen LogP contribution in [0, 0.1) is 0 Å². The zero-order valence-corrected chi connectivity index (χ0v) is 19.4. The summed E-state index contributed by atoms with van der Waals surface area (Å²) in [4.78, 5) is 45.4. The lowest BCUT2D eigenvalue weighted by atomic mass is 9.85. The molecular formula is C25H29N5O3. The minimum absolute atomic E-state index is 0.00212. The van der Waals surface area contributed by atoms with Gasteiger partial charge in [-0.05, 0) is 28.2 Å². The fourth-order valence-electron chi connectivity index (χ4n) is 4.11. The van der Waals surface area contributed by atoms with Crippen LogP contribution in [0.15, 0.2) is 60.1 Å². The average Bonchev–Trinajstić information content (AvgIpc) is 3.11. The van der Waals surface area contributed by atoms with Crippen molar-refractivity contribution in [1.29, 1.82) is 0 Å². The van der Waals surface area contributed by atoms with E-state index in [1.54, 1.807) is 25.5 Å². The summed E-state index contributed by atoms with van der Waals surface area (Å²) in [6.07, 6.45) is 3.35. The van der Waals surface area contributed by atoms with Crippen LogP contribution < -0.4 is 10.6 Å². The molecule has 33 heavy (non-hydrogen) atoms. The maximum absolute atomic E-state index is 13.3. The lowest BCUT2D eigenvalue weighted by Crippen LogP contribution is -2.45. The molecule has 172 valence electrons. The molecule has 4 rings (SSSR count). The van der Waals surface area contributed by atoms with E-state index in [2.05, 4.69) is 36.4 Å². The number of carbonyl (C=O) groups excluding carboxylic acids is 3.